The summed E-state index contributed by atoms with van der Waals surface area (Å²) in [5.41, 5.74) is 0.165. The molecule has 0 aromatic heterocycles. The van der Waals surface area contributed by atoms with Gasteiger partial charge in [-0.25, -0.2) is 4.79 Å². The fraction of sp³-hybridized carbons (Fsp3) is 0.588. The van der Waals surface area contributed by atoms with Crippen molar-refractivity contribution in [2.75, 3.05) is 19.7 Å². The fourth-order valence-electron chi connectivity index (χ4n) is 2.86. The maximum Gasteiger partial charge on any atom is 0.338 e. The monoisotopic (exact) mass is 292 g/mol. The van der Waals surface area contributed by atoms with Crippen LogP contribution in [-0.2, 0) is 4.74 Å². The SMILES string of the molecule is CCOc1ccc(C(=O)OC(C)(C)C2CC[NH2+]CC2)cc1. The van der Waals surface area contributed by atoms with E-state index in [9.17, 15) is 4.79 Å². The number of hydrogen-bond donors (Lipinski definition) is 1. The Morgan fingerprint density at radius 2 is 1.86 bits per heavy atom. The zero-order valence-electron chi connectivity index (χ0n) is 13.2. The zero-order chi connectivity index (χ0) is 15.3. The molecule has 0 spiro atoms. The Labute approximate surface area is 126 Å². The Morgan fingerprint density at radius 1 is 1.24 bits per heavy atom. The number of quaternary nitrogens is 1. The van der Waals surface area contributed by atoms with Crippen LogP contribution < -0.4 is 10.1 Å². The van der Waals surface area contributed by atoms with Crippen molar-refractivity contribution in [3.63, 3.8) is 0 Å². The molecule has 0 radical (unpaired) electrons. The number of piperidine rings is 1. The summed E-state index contributed by atoms with van der Waals surface area (Å²) >= 11 is 0. The van der Waals surface area contributed by atoms with E-state index >= 15 is 0 Å². The maximum absolute atomic E-state index is 12.3. The van der Waals surface area contributed by atoms with Crippen LogP contribution in [0.5, 0.6) is 5.75 Å². The van der Waals surface area contributed by atoms with Crippen molar-refractivity contribution in [1.29, 1.82) is 0 Å². The van der Waals surface area contributed by atoms with Crippen molar-refractivity contribution in [3.05, 3.63) is 29.8 Å². The third-order valence-corrected chi connectivity index (χ3v) is 4.18. The number of benzene rings is 1. The fourth-order valence-corrected chi connectivity index (χ4v) is 2.86. The summed E-state index contributed by atoms with van der Waals surface area (Å²) in [7, 11) is 0. The lowest BCUT2D eigenvalue weighted by atomic mass is 9.83. The second-order valence-corrected chi connectivity index (χ2v) is 6.09. The first-order valence-electron chi connectivity index (χ1n) is 7.81. The van der Waals surface area contributed by atoms with Crippen LogP contribution in [-0.4, -0.2) is 31.3 Å². The molecule has 0 atom stereocenters. The minimum absolute atomic E-state index is 0.252. The molecule has 4 nitrogen and oxygen atoms in total. The Morgan fingerprint density at radius 3 is 2.43 bits per heavy atom. The van der Waals surface area contributed by atoms with Gasteiger partial charge in [0.2, 0.25) is 0 Å². The van der Waals surface area contributed by atoms with Gasteiger partial charge in [0, 0.05) is 18.8 Å². The summed E-state index contributed by atoms with van der Waals surface area (Å²) in [6.45, 7) is 8.84. The molecule has 1 heterocycles. The molecule has 1 aliphatic heterocycles. The summed E-state index contributed by atoms with van der Waals surface area (Å²) in [5, 5.41) is 2.32. The first-order chi connectivity index (χ1) is 10.0. The summed E-state index contributed by atoms with van der Waals surface area (Å²) in [6.07, 6.45) is 2.20. The van der Waals surface area contributed by atoms with Gasteiger partial charge in [-0.15, -0.1) is 0 Å². The molecule has 1 saturated heterocycles. The van der Waals surface area contributed by atoms with Gasteiger partial charge >= 0.3 is 5.97 Å². The van der Waals surface area contributed by atoms with E-state index in [-0.39, 0.29) is 5.97 Å². The van der Waals surface area contributed by atoms with E-state index in [4.69, 9.17) is 9.47 Å². The van der Waals surface area contributed by atoms with Crippen molar-refractivity contribution in [2.45, 2.75) is 39.2 Å². The molecule has 21 heavy (non-hydrogen) atoms. The summed E-state index contributed by atoms with van der Waals surface area (Å²) in [5.74, 6) is 0.961. The molecule has 0 unspecified atom stereocenters. The summed E-state index contributed by atoms with van der Waals surface area (Å²) < 4.78 is 11.2. The largest absolute Gasteiger partial charge is 0.494 e. The second-order valence-electron chi connectivity index (χ2n) is 6.09. The van der Waals surface area contributed by atoms with E-state index in [2.05, 4.69) is 5.32 Å². The minimum atomic E-state index is -0.413. The standard InChI is InChI=1S/C17H25NO3/c1-4-20-15-7-5-13(6-8-15)16(19)21-17(2,3)14-9-11-18-12-10-14/h5-8,14,18H,4,9-12H2,1-3H3/p+1. The lowest BCUT2D eigenvalue weighted by Gasteiger charge is -2.35. The lowest BCUT2D eigenvalue weighted by Crippen LogP contribution is -2.86. The van der Waals surface area contributed by atoms with Gasteiger partial charge in [0.1, 0.15) is 11.4 Å². The molecule has 4 heteroatoms. The van der Waals surface area contributed by atoms with E-state index in [0.29, 0.717) is 18.1 Å². The van der Waals surface area contributed by atoms with E-state index in [0.717, 1.165) is 31.7 Å². The van der Waals surface area contributed by atoms with Gasteiger partial charge in [0.05, 0.1) is 25.3 Å². The predicted molar refractivity (Wildman–Crippen MR) is 81.5 cm³/mol. The first kappa shape index (κ1) is 15.8. The Bertz CT molecular complexity index is 461. The Kier molecular flexibility index (Phi) is 5.23. The van der Waals surface area contributed by atoms with Crippen molar-refractivity contribution < 1.29 is 19.6 Å². The molecule has 2 N–H and O–H groups in total. The van der Waals surface area contributed by atoms with Gasteiger partial charge in [-0.2, -0.15) is 0 Å². The van der Waals surface area contributed by atoms with E-state index in [1.54, 1.807) is 12.1 Å². The zero-order valence-corrected chi connectivity index (χ0v) is 13.2. The number of hydrogen-bond acceptors (Lipinski definition) is 3. The van der Waals surface area contributed by atoms with Crippen LogP contribution in [0, 0.1) is 5.92 Å². The van der Waals surface area contributed by atoms with Crippen molar-refractivity contribution in [2.24, 2.45) is 5.92 Å². The quantitative estimate of drug-likeness (QED) is 0.845. The molecule has 2 rings (SSSR count). The van der Waals surface area contributed by atoms with Gasteiger partial charge in [-0.3, -0.25) is 0 Å². The van der Waals surface area contributed by atoms with Crippen LogP contribution in [0.2, 0.25) is 0 Å². The first-order valence-corrected chi connectivity index (χ1v) is 7.81. The van der Waals surface area contributed by atoms with Crippen molar-refractivity contribution in [1.82, 2.24) is 0 Å². The van der Waals surface area contributed by atoms with Crippen LogP contribution >= 0.6 is 0 Å². The number of ether oxygens (including phenoxy) is 2. The molecule has 1 aliphatic rings. The minimum Gasteiger partial charge on any atom is -0.494 e. The predicted octanol–water partition coefficient (Wildman–Crippen LogP) is 1.99. The smallest absolute Gasteiger partial charge is 0.338 e. The van der Waals surface area contributed by atoms with Crippen LogP contribution in [0.4, 0.5) is 0 Å². The highest BCUT2D eigenvalue weighted by molar-refractivity contribution is 5.89. The number of esters is 1. The molecular formula is C17H26NO3+. The highest BCUT2D eigenvalue weighted by atomic mass is 16.6. The normalized spacial score (nSPS) is 16.5. The van der Waals surface area contributed by atoms with Gasteiger partial charge in [-0.05, 0) is 45.0 Å². The lowest BCUT2D eigenvalue weighted by molar-refractivity contribution is -0.665. The van der Waals surface area contributed by atoms with Crippen LogP contribution in [0.15, 0.2) is 24.3 Å². The highest BCUT2D eigenvalue weighted by Gasteiger charge is 2.35. The molecular weight excluding hydrogens is 266 g/mol. The average Bonchev–Trinajstić information content (AvgIpc) is 2.49. The van der Waals surface area contributed by atoms with Crippen molar-refractivity contribution in [3.8, 4) is 5.75 Å². The molecule has 1 fully saturated rings. The van der Waals surface area contributed by atoms with E-state index in [1.807, 2.05) is 32.9 Å². The molecule has 0 saturated carbocycles. The number of rotatable bonds is 5. The van der Waals surface area contributed by atoms with E-state index < -0.39 is 5.60 Å². The van der Waals surface area contributed by atoms with Crippen molar-refractivity contribution >= 4 is 5.97 Å². The van der Waals surface area contributed by atoms with Crippen LogP contribution in [0.25, 0.3) is 0 Å². The van der Waals surface area contributed by atoms with E-state index in [1.165, 1.54) is 0 Å². The van der Waals surface area contributed by atoms with Gasteiger partial charge in [0.25, 0.3) is 0 Å². The third-order valence-electron chi connectivity index (χ3n) is 4.18. The number of nitrogens with two attached hydrogens (primary N) is 1. The molecule has 0 bridgehead atoms. The number of carbonyl (C=O) groups excluding carboxylic acids is 1. The second kappa shape index (κ2) is 6.94. The molecule has 0 aliphatic carbocycles. The summed E-state index contributed by atoms with van der Waals surface area (Å²) in [6, 6.07) is 7.14. The van der Waals surface area contributed by atoms with Gasteiger partial charge in [-0.1, -0.05) is 0 Å². The maximum atomic E-state index is 12.3. The van der Waals surface area contributed by atoms with Gasteiger partial charge in [0.15, 0.2) is 0 Å². The van der Waals surface area contributed by atoms with Crippen LogP contribution in [0.1, 0.15) is 44.0 Å². The summed E-state index contributed by atoms with van der Waals surface area (Å²) in [4.78, 5) is 12.3. The highest BCUT2D eigenvalue weighted by Crippen LogP contribution is 2.29. The molecule has 1 aromatic carbocycles. The Balaban J connectivity index is 1.99. The molecule has 116 valence electrons. The third kappa shape index (κ3) is 4.21. The molecule has 1 aromatic rings. The topological polar surface area (TPSA) is 52.1 Å². The number of carbonyl (C=O) groups is 1. The van der Waals surface area contributed by atoms with Gasteiger partial charge < -0.3 is 14.8 Å². The molecule has 0 amide bonds. The Hall–Kier alpha value is -1.55. The average molecular weight is 292 g/mol. The van der Waals surface area contributed by atoms with Crippen LogP contribution in [0.3, 0.4) is 0 Å².